The van der Waals surface area contributed by atoms with Gasteiger partial charge in [0.25, 0.3) is 11.5 Å². The number of carbonyl (C=O) groups is 1. The molecule has 0 unspecified atom stereocenters. The molecule has 6 nitrogen and oxygen atoms in total. The first-order valence-corrected chi connectivity index (χ1v) is 12.8. The molecule has 0 N–H and O–H groups in total. The van der Waals surface area contributed by atoms with Gasteiger partial charge in [-0.3, -0.25) is 18.9 Å². The Kier molecular flexibility index (Phi) is 6.46. The van der Waals surface area contributed by atoms with E-state index in [2.05, 4.69) is 18.7 Å². The van der Waals surface area contributed by atoms with E-state index in [9.17, 15) is 14.0 Å². The number of benzene rings is 1. The number of anilines is 1. The molecule has 0 bridgehead atoms. The van der Waals surface area contributed by atoms with Gasteiger partial charge < -0.3 is 4.90 Å². The first-order chi connectivity index (χ1) is 16.8. The lowest BCUT2D eigenvalue weighted by molar-refractivity contribution is -0.122. The van der Waals surface area contributed by atoms with Crippen molar-refractivity contribution in [2.45, 2.75) is 26.8 Å². The molecule has 2 aliphatic rings. The molecule has 180 valence electrons. The lowest BCUT2D eigenvalue weighted by Crippen LogP contribution is -2.40. The van der Waals surface area contributed by atoms with E-state index < -0.39 is 0 Å². The van der Waals surface area contributed by atoms with Crippen LogP contribution in [0.15, 0.2) is 58.4 Å². The third-order valence-corrected chi connectivity index (χ3v) is 7.70. The normalized spacial score (nSPS) is 22.0. The van der Waals surface area contributed by atoms with Crippen LogP contribution in [-0.4, -0.2) is 37.6 Å². The number of thioether (sulfide) groups is 1. The van der Waals surface area contributed by atoms with E-state index in [-0.39, 0.29) is 23.8 Å². The largest absolute Gasteiger partial charge is 0.355 e. The summed E-state index contributed by atoms with van der Waals surface area (Å²) < 4.78 is 15.2. The third-order valence-electron chi connectivity index (χ3n) is 6.32. The molecular formula is C26H25FN4O2S2. The number of amides is 1. The maximum atomic E-state index is 13.6. The van der Waals surface area contributed by atoms with Gasteiger partial charge in [0, 0.05) is 19.3 Å². The van der Waals surface area contributed by atoms with Crippen LogP contribution in [0.5, 0.6) is 0 Å². The monoisotopic (exact) mass is 508 g/mol. The fourth-order valence-electron chi connectivity index (χ4n) is 4.83. The van der Waals surface area contributed by atoms with Gasteiger partial charge in [0.2, 0.25) is 0 Å². The average molecular weight is 509 g/mol. The van der Waals surface area contributed by atoms with Gasteiger partial charge in [0.05, 0.1) is 17.0 Å². The van der Waals surface area contributed by atoms with Gasteiger partial charge in [-0.25, -0.2) is 9.37 Å². The van der Waals surface area contributed by atoms with Crippen molar-refractivity contribution in [2.24, 2.45) is 11.8 Å². The molecule has 35 heavy (non-hydrogen) atoms. The van der Waals surface area contributed by atoms with E-state index >= 15 is 0 Å². The molecule has 0 spiro atoms. The molecule has 3 aromatic rings. The van der Waals surface area contributed by atoms with Crippen molar-refractivity contribution in [1.29, 1.82) is 0 Å². The van der Waals surface area contributed by atoms with E-state index in [1.807, 2.05) is 12.1 Å². The van der Waals surface area contributed by atoms with Gasteiger partial charge in [0.1, 0.15) is 21.6 Å². The summed E-state index contributed by atoms with van der Waals surface area (Å²) in [5.41, 5.74) is 1.50. The lowest BCUT2D eigenvalue weighted by Gasteiger charge is -2.36. The van der Waals surface area contributed by atoms with Crippen molar-refractivity contribution in [1.82, 2.24) is 14.3 Å². The molecule has 2 atom stereocenters. The molecule has 1 aromatic carbocycles. The summed E-state index contributed by atoms with van der Waals surface area (Å²) in [6, 6.07) is 11.4. The molecule has 2 aliphatic heterocycles. The lowest BCUT2D eigenvalue weighted by atomic mass is 9.91. The number of pyridine rings is 1. The fourth-order valence-corrected chi connectivity index (χ4v) is 6.07. The SMILES string of the molecule is C[C@@H]1C[C@H](C)CN(c2nc3ccccn3c(=O)c2/C=C2\SC(=S)N(Cc3ccc(F)cc3)C2=O)C1. The minimum Gasteiger partial charge on any atom is -0.355 e. The first kappa shape index (κ1) is 23.7. The maximum Gasteiger partial charge on any atom is 0.267 e. The number of halogens is 1. The summed E-state index contributed by atoms with van der Waals surface area (Å²) in [5, 5.41) is 0. The van der Waals surface area contributed by atoms with Crippen LogP contribution in [0.1, 0.15) is 31.4 Å². The molecule has 1 amide bonds. The molecule has 0 aliphatic carbocycles. The van der Waals surface area contributed by atoms with Crippen molar-refractivity contribution in [3.63, 3.8) is 0 Å². The molecule has 2 saturated heterocycles. The highest BCUT2D eigenvalue weighted by molar-refractivity contribution is 8.26. The Morgan fingerprint density at radius 2 is 1.83 bits per heavy atom. The van der Waals surface area contributed by atoms with Crippen LogP contribution in [0, 0.1) is 17.7 Å². The van der Waals surface area contributed by atoms with E-state index in [0.717, 1.165) is 25.1 Å². The standard InChI is InChI=1S/C26H25FN4O2S2/c1-16-11-17(2)14-29(13-16)23-20(24(32)30-10-4-3-5-22(30)28-23)12-21-25(33)31(26(34)35-21)15-18-6-8-19(27)9-7-18/h3-10,12,16-17H,11,13-15H2,1-2H3/b21-12-/t16-,17+. The number of carbonyl (C=O) groups excluding carboxylic acids is 1. The molecule has 9 heteroatoms. The number of aromatic nitrogens is 2. The number of fused-ring (bicyclic) bond motifs is 1. The number of thiocarbonyl (C=S) groups is 1. The van der Waals surface area contributed by atoms with E-state index in [1.54, 1.807) is 30.5 Å². The molecule has 0 radical (unpaired) electrons. The molecule has 5 rings (SSSR count). The van der Waals surface area contributed by atoms with Crippen molar-refractivity contribution in [3.05, 3.63) is 80.9 Å². The molecular weight excluding hydrogens is 483 g/mol. The van der Waals surface area contributed by atoms with Crippen molar-refractivity contribution in [2.75, 3.05) is 18.0 Å². The van der Waals surface area contributed by atoms with Crippen LogP contribution >= 0.6 is 24.0 Å². The summed E-state index contributed by atoms with van der Waals surface area (Å²) in [4.78, 5) is 35.8. The Hall–Kier alpha value is -3.04. The van der Waals surface area contributed by atoms with Crippen LogP contribution in [0.4, 0.5) is 10.2 Å². The topological polar surface area (TPSA) is 57.9 Å². The Bertz CT molecular complexity index is 1390. The Balaban J connectivity index is 1.55. The van der Waals surface area contributed by atoms with Crippen molar-refractivity contribution < 1.29 is 9.18 Å². The average Bonchev–Trinajstić information content (AvgIpc) is 3.09. The Labute approximate surface area is 212 Å². The minimum atomic E-state index is -0.336. The van der Waals surface area contributed by atoms with Gasteiger partial charge in [-0.05, 0) is 54.2 Å². The van der Waals surface area contributed by atoms with Crippen LogP contribution in [0.25, 0.3) is 11.7 Å². The van der Waals surface area contributed by atoms with Gasteiger partial charge in [-0.15, -0.1) is 0 Å². The van der Waals surface area contributed by atoms with Crippen molar-refractivity contribution in [3.8, 4) is 0 Å². The van der Waals surface area contributed by atoms with E-state index in [4.69, 9.17) is 17.2 Å². The second-order valence-corrected chi connectivity index (χ2v) is 11.0. The zero-order chi connectivity index (χ0) is 24.7. The second-order valence-electron chi connectivity index (χ2n) is 9.33. The predicted molar refractivity (Wildman–Crippen MR) is 142 cm³/mol. The zero-order valence-electron chi connectivity index (χ0n) is 19.5. The van der Waals surface area contributed by atoms with Gasteiger partial charge >= 0.3 is 0 Å². The quantitative estimate of drug-likeness (QED) is 0.376. The third kappa shape index (κ3) is 4.75. The number of nitrogens with zero attached hydrogens (tertiary/aromatic N) is 4. The van der Waals surface area contributed by atoms with E-state index in [1.165, 1.54) is 33.2 Å². The summed E-state index contributed by atoms with van der Waals surface area (Å²) in [6.07, 6.45) is 4.45. The van der Waals surface area contributed by atoms with Crippen LogP contribution in [0.2, 0.25) is 0 Å². The Morgan fingerprint density at radius 3 is 2.54 bits per heavy atom. The highest BCUT2D eigenvalue weighted by Gasteiger charge is 2.33. The summed E-state index contributed by atoms with van der Waals surface area (Å²) in [5.74, 6) is 0.932. The molecule has 0 saturated carbocycles. The number of piperidine rings is 1. The predicted octanol–water partition coefficient (Wildman–Crippen LogP) is 4.72. The highest BCUT2D eigenvalue weighted by atomic mass is 32.2. The van der Waals surface area contributed by atoms with Crippen LogP contribution < -0.4 is 10.5 Å². The fraction of sp³-hybridized carbons (Fsp3) is 0.308. The molecule has 2 aromatic heterocycles. The zero-order valence-corrected chi connectivity index (χ0v) is 21.1. The Morgan fingerprint density at radius 1 is 1.11 bits per heavy atom. The second kappa shape index (κ2) is 9.54. The van der Waals surface area contributed by atoms with Crippen molar-refractivity contribution >= 4 is 51.7 Å². The minimum absolute atomic E-state index is 0.222. The van der Waals surface area contributed by atoms with Gasteiger partial charge in [-0.1, -0.05) is 56.0 Å². The van der Waals surface area contributed by atoms with Crippen LogP contribution in [0.3, 0.4) is 0 Å². The first-order valence-electron chi connectivity index (χ1n) is 11.6. The molecule has 2 fully saturated rings. The maximum absolute atomic E-state index is 13.6. The number of hydrogen-bond acceptors (Lipinski definition) is 6. The number of rotatable bonds is 4. The van der Waals surface area contributed by atoms with E-state index in [0.29, 0.717) is 38.1 Å². The highest BCUT2D eigenvalue weighted by Crippen LogP contribution is 2.35. The van der Waals surface area contributed by atoms with Crippen LogP contribution in [-0.2, 0) is 11.3 Å². The van der Waals surface area contributed by atoms with Gasteiger partial charge in [0.15, 0.2) is 0 Å². The smallest absolute Gasteiger partial charge is 0.267 e. The summed E-state index contributed by atoms with van der Waals surface area (Å²) in [6.45, 7) is 6.25. The number of hydrogen-bond donors (Lipinski definition) is 0. The summed E-state index contributed by atoms with van der Waals surface area (Å²) >= 11 is 6.65. The summed E-state index contributed by atoms with van der Waals surface area (Å²) in [7, 11) is 0. The van der Waals surface area contributed by atoms with Gasteiger partial charge in [-0.2, -0.15) is 0 Å². The molecule has 4 heterocycles.